The van der Waals surface area contributed by atoms with Crippen molar-refractivity contribution < 1.29 is 9.53 Å². The van der Waals surface area contributed by atoms with Gasteiger partial charge in [-0.25, -0.2) is 9.78 Å². The molecule has 0 unspecified atom stereocenters. The van der Waals surface area contributed by atoms with Crippen molar-refractivity contribution in [3.8, 4) is 0 Å². The van der Waals surface area contributed by atoms with Gasteiger partial charge in [0.05, 0.1) is 7.11 Å². The molecule has 0 aliphatic carbocycles. The summed E-state index contributed by atoms with van der Waals surface area (Å²) in [5.74, 6) is -0.0540. The zero-order valence-electron chi connectivity index (χ0n) is 11.2. The van der Waals surface area contributed by atoms with Crippen LogP contribution in [-0.4, -0.2) is 22.8 Å². The molecule has 1 aromatic rings. The van der Waals surface area contributed by atoms with Gasteiger partial charge in [-0.1, -0.05) is 46.4 Å². The smallest absolute Gasteiger partial charge is 0.357 e. The highest BCUT2D eigenvalue weighted by molar-refractivity contribution is 8.02. The van der Waals surface area contributed by atoms with E-state index in [9.17, 15) is 4.79 Å². The predicted molar refractivity (Wildman–Crippen MR) is 73.2 cm³/mol. The fourth-order valence-electron chi connectivity index (χ4n) is 1.25. The largest absolute Gasteiger partial charge is 0.464 e. The van der Waals surface area contributed by atoms with Crippen LogP contribution in [0.1, 0.15) is 55.9 Å². The number of esters is 1. The van der Waals surface area contributed by atoms with E-state index >= 15 is 0 Å². The normalized spacial score (nSPS) is 11.9. The summed E-state index contributed by atoms with van der Waals surface area (Å²) in [7, 11) is 1.39. The van der Waals surface area contributed by atoms with Gasteiger partial charge in [0, 0.05) is 9.62 Å². The number of hydrogen-bond acceptors (Lipinski definition) is 5. The van der Waals surface area contributed by atoms with Crippen molar-refractivity contribution in [3.05, 3.63) is 10.6 Å². The van der Waals surface area contributed by atoms with Crippen molar-refractivity contribution in [3.63, 3.8) is 0 Å². The van der Waals surface area contributed by atoms with E-state index < -0.39 is 0 Å². The van der Waals surface area contributed by atoms with Crippen molar-refractivity contribution in [2.45, 2.75) is 49.6 Å². The monoisotopic (exact) mass is 273 g/mol. The van der Waals surface area contributed by atoms with Crippen LogP contribution in [0.15, 0.2) is 4.34 Å². The highest BCUT2D eigenvalue weighted by Crippen LogP contribution is 2.38. The van der Waals surface area contributed by atoms with Crippen LogP contribution >= 0.6 is 23.1 Å². The Bertz CT molecular complexity index is 405. The minimum Gasteiger partial charge on any atom is -0.464 e. The van der Waals surface area contributed by atoms with Gasteiger partial charge in [0.25, 0.3) is 0 Å². The number of hydrogen-bond donors (Lipinski definition) is 0. The number of methoxy groups -OCH3 is 1. The van der Waals surface area contributed by atoms with Crippen molar-refractivity contribution in [2.24, 2.45) is 0 Å². The van der Waals surface area contributed by atoms with E-state index in [0.29, 0.717) is 5.69 Å². The van der Waals surface area contributed by atoms with Gasteiger partial charge >= 0.3 is 5.97 Å². The SMILES string of the molecule is COC(=O)c1nc(SC(C)(C)C)sc1C(C)C. The summed E-state index contributed by atoms with van der Waals surface area (Å²) in [6.07, 6.45) is 0. The van der Waals surface area contributed by atoms with E-state index in [4.69, 9.17) is 4.74 Å². The summed E-state index contributed by atoms with van der Waals surface area (Å²) in [6, 6.07) is 0. The number of carbonyl (C=O) groups excluding carboxylic acids is 1. The molecule has 0 aromatic carbocycles. The first-order valence-corrected chi connectivity index (χ1v) is 7.16. The van der Waals surface area contributed by atoms with Gasteiger partial charge in [-0.15, -0.1) is 11.3 Å². The van der Waals surface area contributed by atoms with Gasteiger partial charge in [0.15, 0.2) is 10.0 Å². The molecular weight excluding hydrogens is 254 g/mol. The zero-order valence-corrected chi connectivity index (χ0v) is 12.8. The highest BCUT2D eigenvalue weighted by Gasteiger charge is 2.23. The van der Waals surface area contributed by atoms with Gasteiger partial charge in [-0.2, -0.15) is 0 Å². The van der Waals surface area contributed by atoms with Crippen LogP contribution in [0.3, 0.4) is 0 Å². The summed E-state index contributed by atoms with van der Waals surface area (Å²) in [5, 5.41) is 0. The summed E-state index contributed by atoms with van der Waals surface area (Å²) < 4.78 is 5.80. The molecule has 0 fully saturated rings. The second-order valence-electron chi connectivity index (χ2n) is 5.05. The molecule has 0 spiro atoms. The van der Waals surface area contributed by atoms with E-state index in [1.807, 2.05) is 0 Å². The lowest BCUT2D eigenvalue weighted by molar-refractivity contribution is 0.0592. The van der Waals surface area contributed by atoms with Crippen molar-refractivity contribution in [1.82, 2.24) is 4.98 Å². The van der Waals surface area contributed by atoms with E-state index in [2.05, 4.69) is 39.6 Å². The number of thioether (sulfide) groups is 1. The van der Waals surface area contributed by atoms with Gasteiger partial charge < -0.3 is 4.74 Å². The molecule has 0 amide bonds. The van der Waals surface area contributed by atoms with Crippen molar-refractivity contribution >= 4 is 29.1 Å². The summed E-state index contributed by atoms with van der Waals surface area (Å²) in [4.78, 5) is 17.0. The number of carbonyl (C=O) groups is 1. The molecule has 3 nitrogen and oxygen atoms in total. The lowest BCUT2D eigenvalue weighted by Crippen LogP contribution is -2.07. The van der Waals surface area contributed by atoms with Crippen LogP contribution in [-0.2, 0) is 4.74 Å². The third-order valence-corrected chi connectivity index (χ3v) is 4.46. The summed E-state index contributed by atoms with van der Waals surface area (Å²) in [5.41, 5.74) is 0.472. The van der Waals surface area contributed by atoms with Crippen LogP contribution in [0.5, 0.6) is 0 Å². The number of aromatic nitrogens is 1. The van der Waals surface area contributed by atoms with Crippen LogP contribution in [0.4, 0.5) is 0 Å². The van der Waals surface area contributed by atoms with E-state index in [0.717, 1.165) is 9.22 Å². The Morgan fingerprint density at radius 1 is 1.41 bits per heavy atom. The molecule has 0 saturated carbocycles. The van der Waals surface area contributed by atoms with Crippen molar-refractivity contribution in [2.75, 3.05) is 7.11 Å². The lowest BCUT2D eigenvalue weighted by atomic mass is 10.1. The molecule has 0 radical (unpaired) electrons. The molecule has 0 saturated heterocycles. The summed E-state index contributed by atoms with van der Waals surface area (Å²) >= 11 is 3.27. The second-order valence-corrected chi connectivity index (χ2v) is 8.16. The first-order chi connectivity index (χ1) is 7.74. The fourth-order valence-corrected chi connectivity index (χ4v) is 3.88. The number of rotatable bonds is 3. The third kappa shape index (κ3) is 4.00. The predicted octanol–water partition coefficient (Wildman–Crippen LogP) is 3.94. The average Bonchev–Trinajstić information content (AvgIpc) is 2.57. The Balaban J connectivity index is 3.08. The summed E-state index contributed by atoms with van der Waals surface area (Å²) in [6.45, 7) is 10.5. The third-order valence-electron chi connectivity index (χ3n) is 1.93. The minimum absolute atomic E-state index is 0.0967. The van der Waals surface area contributed by atoms with E-state index in [1.54, 1.807) is 23.1 Å². The second kappa shape index (κ2) is 5.40. The molecule has 96 valence electrons. The minimum atomic E-state index is -0.342. The van der Waals surface area contributed by atoms with E-state index in [-0.39, 0.29) is 16.6 Å². The topological polar surface area (TPSA) is 39.2 Å². The van der Waals surface area contributed by atoms with Crippen LogP contribution in [0, 0.1) is 0 Å². The molecule has 1 rings (SSSR count). The molecule has 0 atom stereocenters. The molecule has 1 heterocycles. The van der Waals surface area contributed by atoms with E-state index in [1.165, 1.54) is 7.11 Å². The average molecular weight is 273 g/mol. The maximum atomic E-state index is 11.6. The molecular formula is C12H19NO2S2. The Kier molecular flexibility index (Phi) is 4.61. The van der Waals surface area contributed by atoms with Gasteiger partial charge in [0.2, 0.25) is 0 Å². The zero-order chi connectivity index (χ0) is 13.2. The van der Waals surface area contributed by atoms with Crippen LogP contribution < -0.4 is 0 Å². The Morgan fingerprint density at radius 3 is 2.41 bits per heavy atom. The number of thiazole rings is 1. The maximum Gasteiger partial charge on any atom is 0.357 e. The first-order valence-electron chi connectivity index (χ1n) is 5.52. The molecule has 0 bridgehead atoms. The fraction of sp³-hybridized carbons (Fsp3) is 0.667. The highest BCUT2D eigenvalue weighted by atomic mass is 32.2. The van der Waals surface area contributed by atoms with Crippen LogP contribution in [0.2, 0.25) is 0 Å². The number of ether oxygens (including phenoxy) is 1. The quantitative estimate of drug-likeness (QED) is 0.617. The molecule has 0 aliphatic rings. The Morgan fingerprint density at radius 2 is 2.00 bits per heavy atom. The molecule has 17 heavy (non-hydrogen) atoms. The first kappa shape index (κ1) is 14.5. The van der Waals surface area contributed by atoms with Crippen molar-refractivity contribution in [1.29, 1.82) is 0 Å². The molecule has 5 heteroatoms. The lowest BCUT2D eigenvalue weighted by Gasteiger charge is -2.14. The Hall–Kier alpha value is -0.550. The van der Waals surface area contributed by atoms with Crippen LogP contribution in [0.25, 0.3) is 0 Å². The molecule has 0 aliphatic heterocycles. The standard InChI is InChI=1S/C12H19NO2S2/c1-7(2)9-8(10(14)15-6)13-11(16-9)17-12(3,4)5/h7H,1-6H3. The molecule has 0 N–H and O–H groups in total. The maximum absolute atomic E-state index is 11.6. The number of nitrogens with zero attached hydrogens (tertiary/aromatic N) is 1. The Labute approximate surface area is 111 Å². The van der Waals surface area contributed by atoms with Gasteiger partial charge in [0.1, 0.15) is 0 Å². The van der Waals surface area contributed by atoms with Gasteiger partial charge in [-0.05, 0) is 5.92 Å². The van der Waals surface area contributed by atoms with Gasteiger partial charge in [-0.3, -0.25) is 0 Å². The molecule has 1 aromatic heterocycles.